The van der Waals surface area contributed by atoms with E-state index in [-0.39, 0.29) is 11.5 Å². The van der Waals surface area contributed by atoms with E-state index < -0.39 is 0 Å². The lowest BCUT2D eigenvalue weighted by Gasteiger charge is -2.24. The Balaban J connectivity index is 3.01. The molecule has 0 bridgehead atoms. The van der Waals surface area contributed by atoms with E-state index in [4.69, 9.17) is 15.2 Å². The van der Waals surface area contributed by atoms with E-state index in [0.717, 1.165) is 23.5 Å². The summed E-state index contributed by atoms with van der Waals surface area (Å²) in [6, 6.07) is 5.69. The van der Waals surface area contributed by atoms with Gasteiger partial charge in [0.25, 0.3) is 0 Å². The molecule has 0 amide bonds. The Labute approximate surface area is 104 Å². The van der Waals surface area contributed by atoms with Crippen LogP contribution in [0.15, 0.2) is 18.2 Å². The fraction of sp³-hybridized carbons (Fsp3) is 0.571. The maximum absolute atomic E-state index is 6.25. The van der Waals surface area contributed by atoms with Crippen LogP contribution in [0.3, 0.4) is 0 Å². The lowest BCUT2D eigenvalue weighted by atomic mass is 9.85. The Kier molecular flexibility index (Phi) is 4.40. The first-order valence-electron chi connectivity index (χ1n) is 5.85. The smallest absolute Gasteiger partial charge is 0.123 e. The second-order valence-corrected chi connectivity index (χ2v) is 5.48. The van der Waals surface area contributed by atoms with Crippen LogP contribution in [0, 0.1) is 5.41 Å². The van der Waals surface area contributed by atoms with E-state index in [0.29, 0.717) is 0 Å². The molecule has 1 aromatic carbocycles. The number of hydrogen-bond donors (Lipinski definition) is 1. The fourth-order valence-electron chi connectivity index (χ4n) is 1.90. The third-order valence-corrected chi connectivity index (χ3v) is 2.67. The van der Waals surface area contributed by atoms with Crippen molar-refractivity contribution >= 4 is 0 Å². The summed E-state index contributed by atoms with van der Waals surface area (Å²) >= 11 is 0. The van der Waals surface area contributed by atoms with Crippen molar-refractivity contribution in [3.63, 3.8) is 0 Å². The molecule has 0 spiro atoms. The Hall–Kier alpha value is -1.22. The van der Waals surface area contributed by atoms with Gasteiger partial charge >= 0.3 is 0 Å². The summed E-state index contributed by atoms with van der Waals surface area (Å²) in [6.45, 7) is 6.54. The highest BCUT2D eigenvalue weighted by Crippen LogP contribution is 2.34. The Morgan fingerprint density at radius 3 is 2.29 bits per heavy atom. The molecule has 0 saturated carbocycles. The van der Waals surface area contributed by atoms with Crippen molar-refractivity contribution < 1.29 is 9.47 Å². The van der Waals surface area contributed by atoms with Gasteiger partial charge in [0, 0.05) is 11.6 Å². The van der Waals surface area contributed by atoms with Crippen LogP contribution in [-0.4, -0.2) is 14.2 Å². The van der Waals surface area contributed by atoms with Gasteiger partial charge in [0.2, 0.25) is 0 Å². The SMILES string of the molecule is COc1ccc(OC)c(C(N)CC(C)(C)C)c1. The van der Waals surface area contributed by atoms with Crippen LogP contribution in [-0.2, 0) is 0 Å². The zero-order valence-electron chi connectivity index (χ0n) is 11.4. The molecular weight excluding hydrogens is 214 g/mol. The van der Waals surface area contributed by atoms with Gasteiger partial charge in [-0.25, -0.2) is 0 Å². The van der Waals surface area contributed by atoms with E-state index in [1.54, 1.807) is 14.2 Å². The van der Waals surface area contributed by atoms with Crippen LogP contribution in [0.1, 0.15) is 38.8 Å². The minimum absolute atomic E-state index is 0.0416. The van der Waals surface area contributed by atoms with E-state index in [1.165, 1.54) is 0 Å². The molecule has 17 heavy (non-hydrogen) atoms. The molecule has 0 aliphatic heterocycles. The quantitative estimate of drug-likeness (QED) is 0.875. The molecule has 3 nitrogen and oxygen atoms in total. The largest absolute Gasteiger partial charge is 0.497 e. The lowest BCUT2D eigenvalue weighted by Crippen LogP contribution is -2.19. The minimum Gasteiger partial charge on any atom is -0.497 e. The minimum atomic E-state index is -0.0416. The summed E-state index contributed by atoms with van der Waals surface area (Å²) in [4.78, 5) is 0. The summed E-state index contributed by atoms with van der Waals surface area (Å²) in [5.74, 6) is 1.63. The molecule has 0 aliphatic rings. The molecule has 0 aromatic heterocycles. The molecule has 96 valence electrons. The first-order valence-corrected chi connectivity index (χ1v) is 5.85. The zero-order chi connectivity index (χ0) is 13.1. The van der Waals surface area contributed by atoms with Crippen molar-refractivity contribution in [2.45, 2.75) is 33.2 Å². The van der Waals surface area contributed by atoms with Crippen LogP contribution in [0.4, 0.5) is 0 Å². The summed E-state index contributed by atoms with van der Waals surface area (Å²) in [6.07, 6.45) is 0.899. The monoisotopic (exact) mass is 237 g/mol. The predicted octanol–water partition coefficient (Wildman–Crippen LogP) is 3.14. The van der Waals surface area contributed by atoms with Crippen LogP contribution < -0.4 is 15.2 Å². The maximum atomic E-state index is 6.25. The van der Waals surface area contributed by atoms with Crippen molar-refractivity contribution in [1.29, 1.82) is 0 Å². The number of methoxy groups -OCH3 is 2. The molecule has 2 N–H and O–H groups in total. The number of benzene rings is 1. The van der Waals surface area contributed by atoms with Gasteiger partial charge in [0.15, 0.2) is 0 Å². The third-order valence-electron chi connectivity index (χ3n) is 2.67. The molecule has 0 heterocycles. The highest BCUT2D eigenvalue weighted by Gasteiger charge is 2.20. The first-order chi connectivity index (χ1) is 7.87. The van der Waals surface area contributed by atoms with Gasteiger partial charge in [-0.15, -0.1) is 0 Å². The average Bonchev–Trinajstić information content (AvgIpc) is 2.25. The molecule has 1 aromatic rings. The molecule has 3 heteroatoms. The normalized spacial score (nSPS) is 13.3. The molecule has 1 unspecified atom stereocenters. The van der Waals surface area contributed by atoms with Gasteiger partial charge < -0.3 is 15.2 Å². The Morgan fingerprint density at radius 1 is 1.18 bits per heavy atom. The van der Waals surface area contributed by atoms with Gasteiger partial charge in [-0.05, 0) is 30.0 Å². The average molecular weight is 237 g/mol. The zero-order valence-corrected chi connectivity index (χ0v) is 11.4. The number of ether oxygens (including phenoxy) is 2. The fourth-order valence-corrected chi connectivity index (χ4v) is 1.90. The summed E-state index contributed by atoms with van der Waals surface area (Å²) in [5, 5.41) is 0. The molecule has 0 fully saturated rings. The third kappa shape index (κ3) is 3.93. The van der Waals surface area contributed by atoms with Gasteiger partial charge in [-0.3, -0.25) is 0 Å². The molecule has 0 saturated heterocycles. The number of rotatable bonds is 4. The summed E-state index contributed by atoms with van der Waals surface area (Å²) in [5.41, 5.74) is 7.44. The summed E-state index contributed by atoms with van der Waals surface area (Å²) in [7, 11) is 3.32. The maximum Gasteiger partial charge on any atom is 0.123 e. The number of nitrogens with two attached hydrogens (primary N) is 1. The first kappa shape index (κ1) is 13.8. The van der Waals surface area contributed by atoms with Gasteiger partial charge in [0.1, 0.15) is 11.5 Å². The van der Waals surface area contributed by atoms with E-state index >= 15 is 0 Å². The van der Waals surface area contributed by atoms with Crippen LogP contribution in [0.5, 0.6) is 11.5 Å². The predicted molar refractivity (Wildman–Crippen MR) is 70.5 cm³/mol. The highest BCUT2D eigenvalue weighted by atomic mass is 16.5. The lowest BCUT2D eigenvalue weighted by molar-refractivity contribution is 0.333. The number of hydrogen-bond acceptors (Lipinski definition) is 3. The summed E-state index contributed by atoms with van der Waals surface area (Å²) < 4.78 is 10.6. The van der Waals surface area contributed by atoms with Crippen molar-refractivity contribution in [3.05, 3.63) is 23.8 Å². The Morgan fingerprint density at radius 2 is 1.82 bits per heavy atom. The second-order valence-electron chi connectivity index (χ2n) is 5.48. The van der Waals surface area contributed by atoms with Crippen LogP contribution in [0.2, 0.25) is 0 Å². The Bertz CT molecular complexity index is 369. The second kappa shape index (κ2) is 5.41. The molecule has 0 radical (unpaired) electrons. The highest BCUT2D eigenvalue weighted by molar-refractivity contribution is 5.42. The topological polar surface area (TPSA) is 44.5 Å². The molecule has 1 rings (SSSR count). The van der Waals surface area contributed by atoms with Crippen molar-refractivity contribution in [2.75, 3.05) is 14.2 Å². The van der Waals surface area contributed by atoms with Crippen molar-refractivity contribution in [2.24, 2.45) is 11.1 Å². The molecule has 0 aliphatic carbocycles. The van der Waals surface area contributed by atoms with Crippen molar-refractivity contribution in [3.8, 4) is 11.5 Å². The van der Waals surface area contributed by atoms with E-state index in [1.807, 2.05) is 18.2 Å². The van der Waals surface area contributed by atoms with Gasteiger partial charge in [0.05, 0.1) is 14.2 Å². The van der Waals surface area contributed by atoms with Crippen molar-refractivity contribution in [1.82, 2.24) is 0 Å². The van der Waals surface area contributed by atoms with Crippen LogP contribution in [0.25, 0.3) is 0 Å². The van der Waals surface area contributed by atoms with E-state index in [2.05, 4.69) is 20.8 Å². The molecule has 1 atom stereocenters. The molecular formula is C14H23NO2. The van der Waals surface area contributed by atoms with E-state index in [9.17, 15) is 0 Å². The van der Waals surface area contributed by atoms with Gasteiger partial charge in [-0.2, -0.15) is 0 Å². The van der Waals surface area contributed by atoms with Crippen LogP contribution >= 0.6 is 0 Å². The van der Waals surface area contributed by atoms with Gasteiger partial charge in [-0.1, -0.05) is 20.8 Å². The standard InChI is InChI=1S/C14H23NO2/c1-14(2,3)9-12(15)11-8-10(16-4)6-7-13(11)17-5/h6-8,12H,9,15H2,1-5H3.